The maximum absolute atomic E-state index is 11.9. The van der Waals surface area contributed by atoms with Gasteiger partial charge in [0.05, 0.1) is 21.4 Å². The van der Waals surface area contributed by atoms with Crippen LogP contribution in [-0.4, -0.2) is 11.8 Å². The van der Waals surface area contributed by atoms with Crippen LogP contribution < -0.4 is 10.6 Å². The zero-order valence-corrected chi connectivity index (χ0v) is 15.9. The van der Waals surface area contributed by atoms with Crippen LogP contribution in [-0.2, 0) is 9.59 Å². The molecule has 0 aliphatic carbocycles. The maximum atomic E-state index is 11.9. The molecule has 4 nitrogen and oxygen atoms in total. The summed E-state index contributed by atoms with van der Waals surface area (Å²) in [6.45, 7) is 0. The number of rotatable bonds is 6. The van der Waals surface area contributed by atoms with Gasteiger partial charge in [0.1, 0.15) is 0 Å². The van der Waals surface area contributed by atoms with Gasteiger partial charge in [0.2, 0.25) is 11.8 Å². The Morgan fingerprint density at radius 2 is 1.12 bits per heavy atom. The number of hydrogen-bond donors (Lipinski definition) is 2. The first-order chi connectivity index (χ1) is 11.8. The number of carbonyl (C=O) groups excluding carboxylic acids is 2. The highest BCUT2D eigenvalue weighted by Crippen LogP contribution is 2.26. The smallest absolute Gasteiger partial charge is 0.224 e. The molecule has 0 aromatic heterocycles. The van der Waals surface area contributed by atoms with E-state index in [9.17, 15) is 9.59 Å². The SMILES string of the molecule is O=C(CCCC(=O)Nc1ccc(Cl)cc1Cl)Nc1ccc(Cl)cc1Cl. The van der Waals surface area contributed by atoms with Gasteiger partial charge in [0.15, 0.2) is 0 Å². The summed E-state index contributed by atoms with van der Waals surface area (Å²) >= 11 is 23.6. The lowest BCUT2D eigenvalue weighted by Gasteiger charge is -2.09. The van der Waals surface area contributed by atoms with Gasteiger partial charge in [-0.2, -0.15) is 0 Å². The molecule has 0 bridgehead atoms. The standard InChI is InChI=1S/C17H14Cl4N2O2/c18-10-4-6-14(12(20)8-10)22-16(24)2-1-3-17(25)23-15-7-5-11(19)9-13(15)21/h4-9H,1-3H2,(H,22,24)(H,23,25). The van der Waals surface area contributed by atoms with Crippen LogP contribution in [0, 0.1) is 0 Å². The Hall–Kier alpha value is -1.46. The van der Waals surface area contributed by atoms with Crippen molar-refractivity contribution in [3.8, 4) is 0 Å². The summed E-state index contributed by atoms with van der Waals surface area (Å²) in [4.78, 5) is 23.8. The van der Waals surface area contributed by atoms with Crippen LogP contribution in [0.5, 0.6) is 0 Å². The van der Waals surface area contributed by atoms with Crippen molar-refractivity contribution in [2.75, 3.05) is 10.6 Å². The van der Waals surface area contributed by atoms with Crippen molar-refractivity contribution < 1.29 is 9.59 Å². The van der Waals surface area contributed by atoms with E-state index in [4.69, 9.17) is 46.4 Å². The number of nitrogens with one attached hydrogen (secondary N) is 2. The third-order valence-corrected chi connectivity index (χ3v) is 4.31. The summed E-state index contributed by atoms with van der Waals surface area (Å²) < 4.78 is 0. The molecule has 0 atom stereocenters. The van der Waals surface area contributed by atoms with Crippen molar-refractivity contribution in [3.63, 3.8) is 0 Å². The summed E-state index contributed by atoms with van der Waals surface area (Å²) in [6, 6.07) is 9.60. The van der Waals surface area contributed by atoms with Crippen molar-refractivity contribution in [1.82, 2.24) is 0 Å². The minimum atomic E-state index is -0.235. The Morgan fingerprint density at radius 1 is 0.720 bits per heavy atom. The van der Waals surface area contributed by atoms with Gasteiger partial charge in [-0.15, -0.1) is 0 Å². The van der Waals surface area contributed by atoms with Gasteiger partial charge in [0.25, 0.3) is 0 Å². The zero-order chi connectivity index (χ0) is 18.4. The molecule has 2 aromatic rings. The van der Waals surface area contributed by atoms with E-state index in [1.165, 1.54) is 0 Å². The molecule has 0 saturated carbocycles. The second kappa shape index (κ2) is 9.30. The van der Waals surface area contributed by atoms with Crippen LogP contribution in [0.4, 0.5) is 11.4 Å². The molecule has 0 radical (unpaired) electrons. The zero-order valence-electron chi connectivity index (χ0n) is 12.9. The van der Waals surface area contributed by atoms with E-state index in [-0.39, 0.29) is 24.7 Å². The van der Waals surface area contributed by atoms with E-state index >= 15 is 0 Å². The van der Waals surface area contributed by atoms with E-state index in [2.05, 4.69) is 10.6 Å². The van der Waals surface area contributed by atoms with Gasteiger partial charge in [-0.25, -0.2) is 0 Å². The molecular formula is C17H14Cl4N2O2. The molecule has 0 heterocycles. The van der Waals surface area contributed by atoms with Gasteiger partial charge in [-0.3, -0.25) is 9.59 Å². The van der Waals surface area contributed by atoms with Gasteiger partial charge < -0.3 is 10.6 Å². The second-order valence-corrected chi connectivity index (χ2v) is 6.89. The molecule has 2 N–H and O–H groups in total. The molecule has 0 unspecified atom stereocenters. The number of carbonyl (C=O) groups is 2. The van der Waals surface area contributed by atoms with Crippen molar-refractivity contribution in [2.45, 2.75) is 19.3 Å². The Balaban J connectivity index is 1.77. The summed E-state index contributed by atoms with van der Waals surface area (Å²) in [7, 11) is 0. The van der Waals surface area contributed by atoms with Crippen LogP contribution in [0.1, 0.15) is 19.3 Å². The molecule has 0 aliphatic rings. The van der Waals surface area contributed by atoms with Crippen molar-refractivity contribution in [2.24, 2.45) is 0 Å². The van der Waals surface area contributed by atoms with Gasteiger partial charge in [-0.1, -0.05) is 46.4 Å². The van der Waals surface area contributed by atoms with Crippen LogP contribution in [0.3, 0.4) is 0 Å². The number of anilines is 2. The van der Waals surface area contributed by atoms with Crippen molar-refractivity contribution >= 4 is 69.6 Å². The normalized spacial score (nSPS) is 10.4. The Bertz CT molecular complexity index is 731. The lowest BCUT2D eigenvalue weighted by atomic mass is 10.2. The van der Waals surface area contributed by atoms with Gasteiger partial charge in [0, 0.05) is 22.9 Å². The second-order valence-electron chi connectivity index (χ2n) is 5.20. The van der Waals surface area contributed by atoms with Crippen LogP contribution >= 0.6 is 46.4 Å². The fourth-order valence-corrected chi connectivity index (χ4v) is 2.93. The predicted molar refractivity (Wildman–Crippen MR) is 104 cm³/mol. The Morgan fingerprint density at radius 3 is 1.48 bits per heavy atom. The molecule has 0 fully saturated rings. The van der Waals surface area contributed by atoms with E-state index in [1.54, 1.807) is 36.4 Å². The first-order valence-electron chi connectivity index (χ1n) is 7.35. The number of halogens is 4. The van der Waals surface area contributed by atoms with Crippen LogP contribution in [0.2, 0.25) is 20.1 Å². The van der Waals surface area contributed by atoms with Crippen LogP contribution in [0.25, 0.3) is 0 Å². The van der Waals surface area contributed by atoms with Crippen molar-refractivity contribution in [3.05, 3.63) is 56.5 Å². The van der Waals surface area contributed by atoms with Gasteiger partial charge >= 0.3 is 0 Å². The summed E-state index contributed by atoms with van der Waals surface area (Å²) in [5.41, 5.74) is 0.960. The van der Waals surface area contributed by atoms with Crippen molar-refractivity contribution in [1.29, 1.82) is 0 Å². The molecule has 132 valence electrons. The molecule has 0 saturated heterocycles. The maximum Gasteiger partial charge on any atom is 0.224 e. The first-order valence-corrected chi connectivity index (χ1v) is 8.86. The molecule has 0 aliphatic heterocycles. The average molecular weight is 420 g/mol. The number of benzene rings is 2. The lowest BCUT2D eigenvalue weighted by Crippen LogP contribution is -2.15. The minimum Gasteiger partial charge on any atom is -0.325 e. The summed E-state index contributed by atoms with van der Waals surface area (Å²) in [5.74, 6) is -0.469. The fraction of sp³-hybridized carbons (Fsp3) is 0.176. The van der Waals surface area contributed by atoms with E-state index < -0.39 is 0 Å². The third kappa shape index (κ3) is 6.40. The minimum absolute atomic E-state index is 0.181. The first kappa shape index (κ1) is 19.9. The highest BCUT2D eigenvalue weighted by Gasteiger charge is 2.10. The summed E-state index contributed by atoms with van der Waals surface area (Å²) in [5, 5.41) is 7.05. The monoisotopic (exact) mass is 418 g/mol. The lowest BCUT2D eigenvalue weighted by molar-refractivity contribution is -0.117. The molecule has 0 spiro atoms. The molecular weight excluding hydrogens is 406 g/mol. The van der Waals surface area contributed by atoms with Crippen LogP contribution in [0.15, 0.2) is 36.4 Å². The Labute approximate surface area is 165 Å². The molecule has 2 aromatic carbocycles. The fourth-order valence-electron chi connectivity index (χ4n) is 2.02. The average Bonchev–Trinajstić information content (AvgIpc) is 2.53. The molecule has 2 amide bonds. The van der Waals surface area contributed by atoms with E-state index in [0.29, 0.717) is 37.9 Å². The molecule has 8 heteroatoms. The molecule has 25 heavy (non-hydrogen) atoms. The third-order valence-electron chi connectivity index (χ3n) is 3.22. The largest absolute Gasteiger partial charge is 0.325 e. The highest BCUT2D eigenvalue weighted by atomic mass is 35.5. The van der Waals surface area contributed by atoms with E-state index in [1.807, 2.05) is 0 Å². The predicted octanol–water partition coefficient (Wildman–Crippen LogP) is 6.05. The number of amides is 2. The Kier molecular flexibility index (Phi) is 7.38. The highest BCUT2D eigenvalue weighted by molar-refractivity contribution is 6.37. The topological polar surface area (TPSA) is 58.2 Å². The number of hydrogen-bond acceptors (Lipinski definition) is 2. The van der Waals surface area contributed by atoms with Gasteiger partial charge in [-0.05, 0) is 42.8 Å². The molecule has 2 rings (SSSR count). The van der Waals surface area contributed by atoms with E-state index in [0.717, 1.165) is 0 Å². The quantitative estimate of drug-likeness (QED) is 0.598. The summed E-state index contributed by atoms with van der Waals surface area (Å²) in [6.07, 6.45) is 0.746.